The molecule has 0 bridgehead atoms. The Kier molecular flexibility index (Phi) is 2.53. The van der Waals surface area contributed by atoms with Crippen LogP contribution in [0, 0.1) is 0 Å². The molecule has 1 unspecified atom stereocenters. The fraction of sp³-hybridized carbons (Fsp3) is 0.273. The van der Waals surface area contributed by atoms with E-state index in [-0.39, 0.29) is 5.92 Å². The van der Waals surface area contributed by atoms with E-state index >= 15 is 0 Å². The van der Waals surface area contributed by atoms with Gasteiger partial charge in [-0.25, -0.2) is 4.98 Å². The van der Waals surface area contributed by atoms with Crippen molar-refractivity contribution in [3.05, 3.63) is 40.1 Å². The van der Waals surface area contributed by atoms with Crippen molar-refractivity contribution in [3.8, 4) is 5.75 Å². The minimum Gasteiger partial charge on any atom is -0.493 e. The Morgan fingerprint density at radius 1 is 1.38 bits per heavy atom. The number of halogens is 1. The van der Waals surface area contributed by atoms with E-state index in [0.29, 0.717) is 11.1 Å². The summed E-state index contributed by atoms with van der Waals surface area (Å²) in [5.74, 6) is 1.96. The van der Waals surface area contributed by atoms with Crippen molar-refractivity contribution in [2.75, 3.05) is 6.61 Å². The van der Waals surface area contributed by atoms with Gasteiger partial charge in [-0.1, -0.05) is 18.2 Å². The van der Waals surface area contributed by atoms with Crippen LogP contribution in [-0.2, 0) is 0 Å². The lowest BCUT2D eigenvalue weighted by atomic mass is 9.93. The predicted octanol–water partition coefficient (Wildman–Crippen LogP) is 3.11. The molecule has 1 aliphatic rings. The summed E-state index contributed by atoms with van der Waals surface area (Å²) in [7, 11) is 0. The van der Waals surface area contributed by atoms with E-state index in [1.807, 2.05) is 18.2 Å². The normalized spacial score (nSPS) is 18.9. The molecule has 5 heteroatoms. The van der Waals surface area contributed by atoms with Crippen molar-refractivity contribution in [1.82, 2.24) is 9.36 Å². The van der Waals surface area contributed by atoms with Crippen LogP contribution in [-0.4, -0.2) is 16.0 Å². The molecule has 2 heterocycles. The first-order valence-corrected chi connectivity index (χ1v) is 6.20. The molecule has 16 heavy (non-hydrogen) atoms. The zero-order valence-corrected chi connectivity index (χ0v) is 9.96. The smallest absolute Gasteiger partial charge is 0.203 e. The Hall–Kier alpha value is -1.13. The van der Waals surface area contributed by atoms with Gasteiger partial charge in [-0.15, -0.1) is 0 Å². The minimum atomic E-state index is 0.216. The molecule has 1 aromatic heterocycles. The number of hydrogen-bond donors (Lipinski definition) is 0. The van der Waals surface area contributed by atoms with Gasteiger partial charge in [-0.05, 0) is 35.6 Å². The van der Waals surface area contributed by atoms with Crippen LogP contribution < -0.4 is 4.74 Å². The van der Waals surface area contributed by atoms with Gasteiger partial charge in [0.1, 0.15) is 5.75 Å². The summed E-state index contributed by atoms with van der Waals surface area (Å²) in [5, 5.41) is 0. The van der Waals surface area contributed by atoms with Crippen LogP contribution in [0.4, 0.5) is 0 Å². The third kappa shape index (κ3) is 1.68. The van der Waals surface area contributed by atoms with Crippen molar-refractivity contribution >= 4 is 23.1 Å². The highest BCUT2D eigenvalue weighted by Gasteiger charge is 2.25. The van der Waals surface area contributed by atoms with E-state index in [4.69, 9.17) is 16.3 Å². The first kappa shape index (κ1) is 10.1. The average molecular weight is 253 g/mol. The molecule has 0 amide bonds. The number of benzene rings is 1. The highest BCUT2D eigenvalue weighted by molar-refractivity contribution is 7.10. The SMILES string of the molecule is Clc1nc(C2CCOc3ccccc32)ns1. The first-order chi connectivity index (χ1) is 7.84. The van der Waals surface area contributed by atoms with Gasteiger partial charge >= 0.3 is 0 Å². The van der Waals surface area contributed by atoms with Crippen LogP contribution in [0.2, 0.25) is 4.47 Å². The van der Waals surface area contributed by atoms with Crippen LogP contribution in [0.3, 0.4) is 0 Å². The fourth-order valence-corrected chi connectivity index (χ4v) is 2.63. The molecule has 0 spiro atoms. The molecule has 0 saturated heterocycles. The Bertz CT molecular complexity index is 514. The summed E-state index contributed by atoms with van der Waals surface area (Å²) in [6, 6.07) is 8.03. The van der Waals surface area contributed by atoms with Gasteiger partial charge in [0, 0.05) is 5.56 Å². The monoisotopic (exact) mass is 252 g/mol. The van der Waals surface area contributed by atoms with E-state index in [1.165, 1.54) is 11.5 Å². The number of ether oxygens (including phenoxy) is 1. The van der Waals surface area contributed by atoms with Gasteiger partial charge in [0.25, 0.3) is 0 Å². The van der Waals surface area contributed by atoms with Crippen LogP contribution in [0.5, 0.6) is 5.75 Å². The molecule has 3 nitrogen and oxygen atoms in total. The third-order valence-corrected chi connectivity index (χ3v) is 3.50. The summed E-state index contributed by atoms with van der Waals surface area (Å²) in [4.78, 5) is 4.25. The van der Waals surface area contributed by atoms with Crippen molar-refractivity contribution < 1.29 is 4.74 Å². The number of nitrogens with zero attached hydrogens (tertiary/aromatic N) is 2. The molecule has 0 radical (unpaired) electrons. The summed E-state index contributed by atoms with van der Waals surface area (Å²) < 4.78 is 10.4. The van der Waals surface area contributed by atoms with Crippen LogP contribution in [0.15, 0.2) is 24.3 Å². The molecule has 2 aromatic rings. The van der Waals surface area contributed by atoms with Crippen LogP contribution >= 0.6 is 23.1 Å². The molecule has 82 valence electrons. The molecule has 1 aromatic carbocycles. The lowest BCUT2D eigenvalue weighted by Crippen LogP contribution is -2.15. The van der Waals surface area contributed by atoms with Crippen molar-refractivity contribution in [1.29, 1.82) is 0 Å². The molecular weight excluding hydrogens is 244 g/mol. The highest BCUT2D eigenvalue weighted by atomic mass is 35.5. The summed E-state index contributed by atoms with van der Waals surface area (Å²) >= 11 is 7.06. The second kappa shape index (κ2) is 4.03. The van der Waals surface area contributed by atoms with Gasteiger partial charge in [0.2, 0.25) is 4.47 Å². The highest BCUT2D eigenvalue weighted by Crippen LogP contribution is 2.37. The van der Waals surface area contributed by atoms with Crippen molar-refractivity contribution in [2.24, 2.45) is 0 Å². The zero-order chi connectivity index (χ0) is 11.0. The van der Waals surface area contributed by atoms with Gasteiger partial charge in [0.05, 0.1) is 12.5 Å². The van der Waals surface area contributed by atoms with E-state index in [0.717, 1.165) is 23.6 Å². The predicted molar refractivity (Wildman–Crippen MR) is 63.3 cm³/mol. The second-order valence-electron chi connectivity index (χ2n) is 3.63. The minimum absolute atomic E-state index is 0.216. The first-order valence-electron chi connectivity index (χ1n) is 5.05. The topological polar surface area (TPSA) is 35.0 Å². The largest absolute Gasteiger partial charge is 0.493 e. The quantitative estimate of drug-likeness (QED) is 0.782. The Morgan fingerprint density at radius 2 is 2.25 bits per heavy atom. The lowest BCUT2D eigenvalue weighted by molar-refractivity contribution is 0.275. The van der Waals surface area contributed by atoms with Crippen molar-refractivity contribution in [2.45, 2.75) is 12.3 Å². The van der Waals surface area contributed by atoms with Crippen LogP contribution in [0.25, 0.3) is 0 Å². The maximum atomic E-state index is 5.82. The molecule has 1 atom stereocenters. The fourth-order valence-electron chi connectivity index (χ4n) is 1.97. The maximum Gasteiger partial charge on any atom is 0.203 e. The lowest BCUT2D eigenvalue weighted by Gasteiger charge is -2.23. The Morgan fingerprint density at radius 3 is 3.06 bits per heavy atom. The third-order valence-electron chi connectivity index (χ3n) is 2.69. The van der Waals surface area contributed by atoms with Gasteiger partial charge in [-0.2, -0.15) is 4.37 Å². The number of fused-ring (bicyclic) bond motifs is 1. The molecule has 0 aliphatic carbocycles. The molecule has 3 rings (SSSR count). The summed E-state index contributed by atoms with van der Waals surface area (Å²) in [5.41, 5.74) is 1.16. The number of para-hydroxylation sites is 1. The molecular formula is C11H9ClN2OS. The Balaban J connectivity index is 2.04. The van der Waals surface area contributed by atoms with E-state index in [9.17, 15) is 0 Å². The van der Waals surface area contributed by atoms with Crippen molar-refractivity contribution in [3.63, 3.8) is 0 Å². The second-order valence-corrected chi connectivity index (χ2v) is 4.97. The Labute approximate surface area is 102 Å². The number of hydrogen-bond acceptors (Lipinski definition) is 4. The molecule has 0 fully saturated rings. The molecule has 0 N–H and O–H groups in total. The van der Waals surface area contributed by atoms with E-state index in [1.54, 1.807) is 0 Å². The standard InChI is InChI=1S/C11H9ClN2OS/c12-11-13-10(14-16-11)8-5-6-15-9-4-2-1-3-7(8)9/h1-4,8H,5-6H2. The van der Waals surface area contributed by atoms with E-state index < -0.39 is 0 Å². The zero-order valence-electron chi connectivity index (χ0n) is 8.39. The average Bonchev–Trinajstić information content (AvgIpc) is 2.75. The van der Waals surface area contributed by atoms with Gasteiger partial charge in [-0.3, -0.25) is 0 Å². The van der Waals surface area contributed by atoms with Gasteiger partial charge < -0.3 is 4.74 Å². The number of rotatable bonds is 1. The summed E-state index contributed by atoms with van der Waals surface area (Å²) in [6.45, 7) is 0.707. The van der Waals surface area contributed by atoms with Gasteiger partial charge in [0.15, 0.2) is 5.82 Å². The van der Waals surface area contributed by atoms with Crippen LogP contribution in [0.1, 0.15) is 23.7 Å². The molecule has 1 aliphatic heterocycles. The molecule has 0 saturated carbocycles. The van der Waals surface area contributed by atoms with E-state index in [2.05, 4.69) is 15.4 Å². The maximum absolute atomic E-state index is 5.82. The summed E-state index contributed by atoms with van der Waals surface area (Å²) in [6.07, 6.45) is 0.907. The number of aromatic nitrogens is 2.